The number of carbonyl (C=O) groups excluding carboxylic acids is 2. The lowest BCUT2D eigenvalue weighted by molar-refractivity contribution is 0.0996. The maximum atomic E-state index is 12.3. The molecule has 3 aromatic heterocycles. The van der Waals surface area contributed by atoms with Gasteiger partial charge in [0, 0.05) is 18.6 Å². The van der Waals surface area contributed by atoms with Crippen molar-refractivity contribution >= 4 is 23.1 Å². The van der Waals surface area contributed by atoms with Crippen molar-refractivity contribution in [1.82, 2.24) is 19.6 Å². The first kappa shape index (κ1) is 12.7. The number of rotatable bonds is 3. The SMILES string of the molecule is NC(=O)c1ncccc1NC(=O)c1cnn2cccnc12. The minimum Gasteiger partial charge on any atom is -0.364 e. The van der Waals surface area contributed by atoms with Crippen LogP contribution >= 0.6 is 0 Å². The van der Waals surface area contributed by atoms with Crippen LogP contribution in [0.2, 0.25) is 0 Å². The normalized spacial score (nSPS) is 10.5. The number of aromatic nitrogens is 4. The average Bonchev–Trinajstić information content (AvgIpc) is 2.91. The number of pyridine rings is 1. The van der Waals surface area contributed by atoms with Crippen LogP contribution in [0.1, 0.15) is 20.8 Å². The van der Waals surface area contributed by atoms with Gasteiger partial charge in [-0.2, -0.15) is 5.10 Å². The largest absolute Gasteiger partial charge is 0.364 e. The molecular formula is C13H10N6O2. The molecule has 0 saturated carbocycles. The predicted octanol–water partition coefficient (Wildman–Crippen LogP) is 0.475. The van der Waals surface area contributed by atoms with Crippen LogP contribution in [-0.4, -0.2) is 31.4 Å². The van der Waals surface area contributed by atoms with E-state index in [0.29, 0.717) is 5.65 Å². The molecule has 8 nitrogen and oxygen atoms in total. The van der Waals surface area contributed by atoms with Crippen LogP contribution in [0.5, 0.6) is 0 Å². The highest BCUT2D eigenvalue weighted by Crippen LogP contribution is 2.14. The molecule has 0 spiro atoms. The van der Waals surface area contributed by atoms with E-state index in [4.69, 9.17) is 5.73 Å². The molecule has 2 amide bonds. The van der Waals surface area contributed by atoms with Gasteiger partial charge in [0.25, 0.3) is 11.8 Å². The number of hydrogen-bond donors (Lipinski definition) is 2. The van der Waals surface area contributed by atoms with Gasteiger partial charge in [0.1, 0.15) is 5.56 Å². The second-order valence-corrected chi connectivity index (χ2v) is 4.16. The summed E-state index contributed by atoms with van der Waals surface area (Å²) < 4.78 is 1.48. The predicted molar refractivity (Wildman–Crippen MR) is 73.7 cm³/mol. The number of hydrogen-bond acceptors (Lipinski definition) is 5. The Labute approximate surface area is 118 Å². The average molecular weight is 282 g/mol. The van der Waals surface area contributed by atoms with E-state index in [1.54, 1.807) is 30.6 Å². The van der Waals surface area contributed by atoms with E-state index in [9.17, 15) is 9.59 Å². The summed E-state index contributed by atoms with van der Waals surface area (Å²) in [6.07, 6.45) is 6.06. The van der Waals surface area contributed by atoms with Gasteiger partial charge in [-0.25, -0.2) is 14.5 Å². The number of amides is 2. The van der Waals surface area contributed by atoms with Crippen LogP contribution in [0.15, 0.2) is 43.0 Å². The summed E-state index contributed by atoms with van der Waals surface area (Å²) in [5, 5.41) is 6.62. The molecule has 0 fully saturated rings. The topological polar surface area (TPSA) is 115 Å². The molecule has 21 heavy (non-hydrogen) atoms. The third-order valence-corrected chi connectivity index (χ3v) is 2.81. The Morgan fingerprint density at radius 1 is 1.19 bits per heavy atom. The van der Waals surface area contributed by atoms with E-state index in [1.807, 2.05) is 0 Å². The van der Waals surface area contributed by atoms with Gasteiger partial charge in [0.2, 0.25) is 0 Å². The summed E-state index contributed by atoms with van der Waals surface area (Å²) >= 11 is 0. The summed E-state index contributed by atoms with van der Waals surface area (Å²) in [7, 11) is 0. The molecule has 0 aliphatic rings. The van der Waals surface area contributed by atoms with Gasteiger partial charge in [0.05, 0.1) is 11.9 Å². The maximum absolute atomic E-state index is 12.3. The first-order chi connectivity index (χ1) is 10.2. The van der Waals surface area contributed by atoms with Gasteiger partial charge in [-0.3, -0.25) is 9.59 Å². The van der Waals surface area contributed by atoms with E-state index >= 15 is 0 Å². The quantitative estimate of drug-likeness (QED) is 0.724. The fraction of sp³-hybridized carbons (Fsp3) is 0. The molecule has 0 radical (unpaired) electrons. The molecule has 3 aromatic rings. The molecule has 3 N–H and O–H groups in total. The smallest absolute Gasteiger partial charge is 0.269 e. The fourth-order valence-corrected chi connectivity index (χ4v) is 1.88. The number of carbonyl (C=O) groups is 2. The van der Waals surface area contributed by atoms with Crippen molar-refractivity contribution in [1.29, 1.82) is 0 Å². The molecule has 0 atom stereocenters. The Balaban J connectivity index is 1.96. The Morgan fingerprint density at radius 2 is 2.00 bits per heavy atom. The molecule has 104 valence electrons. The summed E-state index contributed by atoms with van der Waals surface area (Å²) in [6.45, 7) is 0. The zero-order chi connectivity index (χ0) is 14.8. The van der Waals surface area contributed by atoms with Crippen LogP contribution in [0.4, 0.5) is 5.69 Å². The summed E-state index contributed by atoms with van der Waals surface area (Å²) in [4.78, 5) is 31.5. The van der Waals surface area contributed by atoms with E-state index in [1.165, 1.54) is 16.9 Å². The number of primary amides is 1. The van der Waals surface area contributed by atoms with E-state index < -0.39 is 11.8 Å². The van der Waals surface area contributed by atoms with E-state index in [2.05, 4.69) is 20.4 Å². The lowest BCUT2D eigenvalue weighted by Crippen LogP contribution is -2.19. The number of nitrogens with two attached hydrogens (primary N) is 1. The summed E-state index contributed by atoms with van der Waals surface area (Å²) in [5.74, 6) is -1.16. The molecule has 8 heteroatoms. The highest BCUT2D eigenvalue weighted by molar-refractivity contribution is 6.10. The Hall–Kier alpha value is -3.29. The van der Waals surface area contributed by atoms with Crippen LogP contribution in [0.25, 0.3) is 5.65 Å². The van der Waals surface area contributed by atoms with Crippen LogP contribution < -0.4 is 11.1 Å². The molecule has 0 unspecified atom stereocenters. The molecule has 0 aliphatic carbocycles. The highest BCUT2D eigenvalue weighted by Gasteiger charge is 2.17. The van der Waals surface area contributed by atoms with Crippen molar-refractivity contribution in [2.45, 2.75) is 0 Å². The molecule has 3 rings (SSSR count). The molecular weight excluding hydrogens is 272 g/mol. The van der Waals surface area contributed by atoms with Crippen molar-refractivity contribution in [2.75, 3.05) is 5.32 Å². The van der Waals surface area contributed by atoms with Crippen molar-refractivity contribution in [2.24, 2.45) is 5.73 Å². The first-order valence-electron chi connectivity index (χ1n) is 6.01. The van der Waals surface area contributed by atoms with Gasteiger partial charge in [0.15, 0.2) is 11.3 Å². The Bertz CT molecular complexity index is 841. The van der Waals surface area contributed by atoms with Crippen molar-refractivity contribution in [3.63, 3.8) is 0 Å². The number of nitrogens with one attached hydrogen (secondary N) is 1. The standard InChI is InChI=1S/C13H10N6O2/c14-11(20)10-9(3-1-4-15-10)18-13(21)8-7-17-19-6-2-5-16-12(8)19/h1-7H,(H2,14,20)(H,18,21). The highest BCUT2D eigenvalue weighted by atomic mass is 16.2. The zero-order valence-electron chi connectivity index (χ0n) is 10.7. The van der Waals surface area contributed by atoms with Crippen molar-refractivity contribution in [3.8, 4) is 0 Å². The molecule has 3 heterocycles. The lowest BCUT2D eigenvalue weighted by atomic mass is 10.2. The van der Waals surface area contributed by atoms with E-state index in [-0.39, 0.29) is 16.9 Å². The van der Waals surface area contributed by atoms with Crippen molar-refractivity contribution in [3.05, 3.63) is 54.2 Å². The van der Waals surface area contributed by atoms with Crippen LogP contribution in [0.3, 0.4) is 0 Å². The van der Waals surface area contributed by atoms with Gasteiger partial charge in [-0.1, -0.05) is 0 Å². The third-order valence-electron chi connectivity index (χ3n) is 2.81. The molecule has 0 aliphatic heterocycles. The maximum Gasteiger partial charge on any atom is 0.269 e. The van der Waals surface area contributed by atoms with E-state index in [0.717, 1.165) is 0 Å². The number of fused-ring (bicyclic) bond motifs is 1. The Morgan fingerprint density at radius 3 is 2.81 bits per heavy atom. The summed E-state index contributed by atoms with van der Waals surface area (Å²) in [5.41, 5.74) is 6.16. The molecule has 0 aromatic carbocycles. The first-order valence-corrected chi connectivity index (χ1v) is 6.01. The lowest BCUT2D eigenvalue weighted by Gasteiger charge is -2.06. The second kappa shape index (κ2) is 5.00. The monoisotopic (exact) mass is 282 g/mol. The van der Waals surface area contributed by atoms with Gasteiger partial charge < -0.3 is 11.1 Å². The minimum absolute atomic E-state index is 0.00437. The van der Waals surface area contributed by atoms with Gasteiger partial charge in [-0.15, -0.1) is 0 Å². The molecule has 0 bridgehead atoms. The third kappa shape index (κ3) is 2.29. The van der Waals surface area contributed by atoms with Gasteiger partial charge in [-0.05, 0) is 18.2 Å². The minimum atomic E-state index is -0.719. The number of anilines is 1. The van der Waals surface area contributed by atoms with Crippen molar-refractivity contribution < 1.29 is 9.59 Å². The van der Waals surface area contributed by atoms with Gasteiger partial charge >= 0.3 is 0 Å². The van der Waals surface area contributed by atoms with Crippen LogP contribution in [0, 0.1) is 0 Å². The Kier molecular flexibility index (Phi) is 3.03. The zero-order valence-corrected chi connectivity index (χ0v) is 10.7. The number of nitrogens with zero attached hydrogens (tertiary/aromatic N) is 4. The molecule has 0 saturated heterocycles. The van der Waals surface area contributed by atoms with Crippen LogP contribution in [-0.2, 0) is 0 Å². The second-order valence-electron chi connectivity index (χ2n) is 4.16. The fourth-order valence-electron chi connectivity index (χ4n) is 1.88. The summed E-state index contributed by atoms with van der Waals surface area (Å²) in [6, 6.07) is 4.84.